The quantitative estimate of drug-likeness (QED) is 0.568. The molecular formula is C16H26. The Morgan fingerprint density at radius 3 is 2.44 bits per heavy atom. The van der Waals surface area contributed by atoms with Gasteiger partial charge in [0.05, 0.1) is 0 Å². The minimum Gasteiger partial charge on any atom is -0.0683 e. The van der Waals surface area contributed by atoms with E-state index in [1.165, 1.54) is 18.4 Å². The molecule has 0 radical (unpaired) electrons. The molecule has 1 aliphatic carbocycles. The van der Waals surface area contributed by atoms with Gasteiger partial charge in [-0.05, 0) is 42.2 Å². The van der Waals surface area contributed by atoms with E-state index in [4.69, 9.17) is 0 Å². The Balaban J connectivity index is 0.000000606. The molecule has 0 saturated heterocycles. The Hall–Kier alpha value is -0.780. The van der Waals surface area contributed by atoms with E-state index in [1.807, 2.05) is 13.8 Å². The second-order valence-corrected chi connectivity index (χ2v) is 5.41. The molecular weight excluding hydrogens is 192 g/mol. The lowest BCUT2D eigenvalue weighted by Gasteiger charge is -2.38. The smallest absolute Gasteiger partial charge is 0.0136 e. The van der Waals surface area contributed by atoms with Gasteiger partial charge in [-0.2, -0.15) is 0 Å². The van der Waals surface area contributed by atoms with Crippen LogP contribution in [0.5, 0.6) is 0 Å². The van der Waals surface area contributed by atoms with Crippen LogP contribution in [0.1, 0.15) is 63.6 Å². The van der Waals surface area contributed by atoms with Gasteiger partial charge in [0.15, 0.2) is 0 Å². The van der Waals surface area contributed by atoms with Gasteiger partial charge < -0.3 is 0 Å². The summed E-state index contributed by atoms with van der Waals surface area (Å²) in [5.74, 6) is 0.701. The maximum atomic E-state index is 2.39. The molecule has 1 aromatic rings. The summed E-state index contributed by atoms with van der Waals surface area (Å²) in [5, 5.41) is 0. The minimum absolute atomic E-state index is 0.474. The average Bonchev–Trinajstić information content (AvgIpc) is 2.27. The second kappa shape index (κ2) is 5.03. The molecule has 0 bridgehead atoms. The van der Waals surface area contributed by atoms with Crippen molar-refractivity contribution in [2.75, 3.05) is 0 Å². The van der Waals surface area contributed by atoms with Crippen molar-refractivity contribution >= 4 is 0 Å². The van der Waals surface area contributed by atoms with Gasteiger partial charge >= 0.3 is 0 Å². The van der Waals surface area contributed by atoms with E-state index in [0.717, 1.165) is 0 Å². The van der Waals surface area contributed by atoms with Gasteiger partial charge in [0.1, 0.15) is 0 Å². The summed E-state index contributed by atoms with van der Waals surface area (Å²) in [6, 6.07) is 6.94. The molecule has 0 aliphatic heterocycles. The first-order chi connectivity index (χ1) is 7.50. The van der Waals surface area contributed by atoms with Crippen molar-refractivity contribution in [3.05, 3.63) is 34.9 Å². The van der Waals surface area contributed by atoms with Gasteiger partial charge in [0.2, 0.25) is 0 Å². The predicted molar refractivity (Wildman–Crippen MR) is 73.0 cm³/mol. The van der Waals surface area contributed by atoms with Gasteiger partial charge in [-0.1, -0.05) is 58.4 Å². The SMILES string of the molecule is CC.Cc1ccc2c(c1)CCC(C)(C)C2C. The number of hydrogen-bond donors (Lipinski definition) is 0. The molecule has 0 heteroatoms. The van der Waals surface area contributed by atoms with Crippen LogP contribution in [0.25, 0.3) is 0 Å². The monoisotopic (exact) mass is 218 g/mol. The summed E-state index contributed by atoms with van der Waals surface area (Å²) >= 11 is 0. The molecule has 16 heavy (non-hydrogen) atoms. The Morgan fingerprint density at radius 2 is 1.81 bits per heavy atom. The maximum Gasteiger partial charge on any atom is -0.0136 e. The van der Waals surface area contributed by atoms with Crippen LogP contribution in [0.15, 0.2) is 18.2 Å². The summed E-state index contributed by atoms with van der Waals surface area (Å²) in [6.07, 6.45) is 2.58. The van der Waals surface area contributed by atoms with Crippen molar-refractivity contribution in [2.24, 2.45) is 5.41 Å². The van der Waals surface area contributed by atoms with Crippen LogP contribution in [-0.4, -0.2) is 0 Å². The molecule has 2 rings (SSSR count). The number of rotatable bonds is 0. The van der Waals surface area contributed by atoms with Crippen LogP contribution >= 0.6 is 0 Å². The van der Waals surface area contributed by atoms with Crippen molar-refractivity contribution in [1.29, 1.82) is 0 Å². The molecule has 0 saturated carbocycles. The van der Waals surface area contributed by atoms with Crippen molar-refractivity contribution in [1.82, 2.24) is 0 Å². The molecule has 0 N–H and O–H groups in total. The molecule has 90 valence electrons. The minimum atomic E-state index is 0.474. The molecule has 0 amide bonds. The lowest BCUT2D eigenvalue weighted by atomic mass is 9.67. The van der Waals surface area contributed by atoms with Gasteiger partial charge in [-0.3, -0.25) is 0 Å². The normalized spacial score (nSPS) is 21.8. The molecule has 0 spiro atoms. The van der Waals surface area contributed by atoms with Crippen LogP contribution in [0, 0.1) is 12.3 Å². The first-order valence-electron chi connectivity index (χ1n) is 6.60. The molecule has 0 nitrogen and oxygen atoms in total. The van der Waals surface area contributed by atoms with E-state index in [0.29, 0.717) is 11.3 Å². The Bertz CT molecular complexity index is 347. The van der Waals surface area contributed by atoms with E-state index < -0.39 is 0 Å². The van der Waals surface area contributed by atoms with Crippen molar-refractivity contribution < 1.29 is 0 Å². The Kier molecular flexibility index (Phi) is 4.18. The summed E-state index contributed by atoms with van der Waals surface area (Å²) in [6.45, 7) is 13.3. The third-order valence-electron chi connectivity index (χ3n) is 3.98. The Labute approximate surface area is 101 Å². The second-order valence-electron chi connectivity index (χ2n) is 5.41. The van der Waals surface area contributed by atoms with Crippen LogP contribution in [0.3, 0.4) is 0 Å². The van der Waals surface area contributed by atoms with Crippen LogP contribution in [-0.2, 0) is 6.42 Å². The van der Waals surface area contributed by atoms with Crippen LogP contribution in [0.2, 0.25) is 0 Å². The van der Waals surface area contributed by atoms with E-state index in [9.17, 15) is 0 Å². The first kappa shape index (κ1) is 13.3. The van der Waals surface area contributed by atoms with Crippen LogP contribution < -0.4 is 0 Å². The first-order valence-corrected chi connectivity index (χ1v) is 6.60. The zero-order valence-corrected chi connectivity index (χ0v) is 11.7. The third kappa shape index (κ3) is 2.48. The highest BCUT2D eigenvalue weighted by Crippen LogP contribution is 2.44. The summed E-state index contributed by atoms with van der Waals surface area (Å²) in [5.41, 5.74) is 5.03. The molecule has 1 aromatic carbocycles. The van der Waals surface area contributed by atoms with Crippen molar-refractivity contribution in [3.63, 3.8) is 0 Å². The summed E-state index contributed by atoms with van der Waals surface area (Å²) in [4.78, 5) is 0. The average molecular weight is 218 g/mol. The van der Waals surface area contributed by atoms with Gasteiger partial charge in [0, 0.05) is 0 Å². The topological polar surface area (TPSA) is 0 Å². The lowest BCUT2D eigenvalue weighted by Crippen LogP contribution is -2.26. The molecule has 0 heterocycles. The van der Waals surface area contributed by atoms with E-state index >= 15 is 0 Å². The van der Waals surface area contributed by atoms with Crippen LogP contribution in [0.4, 0.5) is 0 Å². The van der Waals surface area contributed by atoms with Crippen molar-refractivity contribution in [2.45, 2.75) is 60.3 Å². The molecule has 1 aliphatic rings. The third-order valence-corrected chi connectivity index (χ3v) is 3.98. The van der Waals surface area contributed by atoms with E-state index in [2.05, 4.69) is 45.9 Å². The van der Waals surface area contributed by atoms with E-state index in [-0.39, 0.29) is 0 Å². The highest BCUT2D eigenvalue weighted by atomic mass is 14.4. The van der Waals surface area contributed by atoms with Gasteiger partial charge in [0.25, 0.3) is 0 Å². The zero-order chi connectivity index (χ0) is 12.3. The molecule has 0 fully saturated rings. The highest BCUT2D eigenvalue weighted by molar-refractivity contribution is 5.37. The standard InChI is InChI=1S/C14H20.C2H6/c1-10-5-6-13-11(2)14(3,4)8-7-12(13)9-10;1-2/h5-6,9,11H,7-8H2,1-4H3;1-2H3. The fourth-order valence-corrected chi connectivity index (χ4v) is 2.47. The van der Waals surface area contributed by atoms with Gasteiger partial charge in [-0.25, -0.2) is 0 Å². The zero-order valence-electron chi connectivity index (χ0n) is 11.7. The summed E-state index contributed by atoms with van der Waals surface area (Å²) in [7, 11) is 0. The Morgan fingerprint density at radius 1 is 1.19 bits per heavy atom. The lowest BCUT2D eigenvalue weighted by molar-refractivity contribution is 0.259. The molecule has 1 unspecified atom stereocenters. The molecule has 0 aromatic heterocycles. The highest BCUT2D eigenvalue weighted by Gasteiger charge is 2.32. The number of hydrogen-bond acceptors (Lipinski definition) is 0. The van der Waals surface area contributed by atoms with Crippen molar-refractivity contribution in [3.8, 4) is 0 Å². The maximum absolute atomic E-state index is 2.39. The fourth-order valence-electron chi connectivity index (χ4n) is 2.47. The number of benzene rings is 1. The number of fused-ring (bicyclic) bond motifs is 1. The largest absolute Gasteiger partial charge is 0.0683 e. The predicted octanol–water partition coefficient (Wildman–Crippen LogP) is 5.10. The molecule has 1 atom stereocenters. The number of aryl methyl sites for hydroxylation is 2. The fraction of sp³-hybridized carbons (Fsp3) is 0.625. The summed E-state index contributed by atoms with van der Waals surface area (Å²) < 4.78 is 0. The van der Waals surface area contributed by atoms with E-state index in [1.54, 1.807) is 11.1 Å². The van der Waals surface area contributed by atoms with Gasteiger partial charge in [-0.15, -0.1) is 0 Å².